The summed E-state index contributed by atoms with van der Waals surface area (Å²) in [7, 11) is 1.69. The molecule has 0 aliphatic heterocycles. The van der Waals surface area contributed by atoms with Crippen LogP contribution >= 0.6 is 45.2 Å². The van der Waals surface area contributed by atoms with Gasteiger partial charge in [0.25, 0.3) is 0 Å². The van der Waals surface area contributed by atoms with Gasteiger partial charge in [0.05, 0.1) is 22.2 Å². The predicted octanol–water partition coefficient (Wildman–Crippen LogP) is 6.94. The van der Waals surface area contributed by atoms with Gasteiger partial charge in [0.2, 0.25) is 0 Å². The van der Waals surface area contributed by atoms with Crippen molar-refractivity contribution >= 4 is 77.8 Å². The number of hydrogen-bond donors (Lipinski definition) is 0. The molecule has 0 radical (unpaired) electrons. The van der Waals surface area contributed by atoms with E-state index in [0.29, 0.717) is 11.5 Å². The van der Waals surface area contributed by atoms with Crippen LogP contribution in [0.3, 0.4) is 0 Å². The van der Waals surface area contributed by atoms with Crippen molar-refractivity contribution in [2.75, 3.05) is 13.7 Å². The summed E-state index contributed by atoms with van der Waals surface area (Å²) in [5, 5.41) is 4.30. The lowest BCUT2D eigenvalue weighted by molar-refractivity contribution is 0.371. The van der Waals surface area contributed by atoms with Crippen LogP contribution in [0.15, 0.2) is 65.6 Å². The maximum atomic E-state index is 13.2. The lowest BCUT2D eigenvalue weighted by Gasteiger charge is -2.20. The van der Waals surface area contributed by atoms with E-state index in [4.69, 9.17) is 8.92 Å². The van der Waals surface area contributed by atoms with Crippen molar-refractivity contribution < 1.29 is 13.1 Å². The maximum absolute atomic E-state index is 13.2. The van der Waals surface area contributed by atoms with Crippen LogP contribution in [0.2, 0.25) is 0 Å². The first-order valence-electron chi connectivity index (χ1n) is 9.08. The molecule has 4 rings (SSSR count). The first-order valence-corrected chi connectivity index (χ1v) is 12.3. The standard InChI is InChI=1S/C23H18I2O3S/c1-3-28-29(26)23-19(25)13-15-9-5-7-11-17(15)21(23)20-16-10-6-4-8-14(16)12-18(24)22(20)27-2/h4-13H,3H2,1-2H3. The minimum atomic E-state index is -1.59. The molecular formula is C23H18I2O3S. The zero-order chi connectivity index (χ0) is 20.5. The fourth-order valence-electron chi connectivity index (χ4n) is 3.61. The summed E-state index contributed by atoms with van der Waals surface area (Å²) in [6.07, 6.45) is 0. The van der Waals surface area contributed by atoms with Crippen LogP contribution in [0.25, 0.3) is 32.7 Å². The molecule has 29 heavy (non-hydrogen) atoms. The SMILES string of the molecule is CCOS(=O)c1c(I)cc2ccccc2c1-c1c(OC)c(I)cc2ccccc12. The van der Waals surface area contributed by atoms with E-state index in [9.17, 15) is 4.21 Å². The first-order chi connectivity index (χ1) is 14.1. The van der Waals surface area contributed by atoms with Gasteiger partial charge in [-0.3, -0.25) is 4.18 Å². The van der Waals surface area contributed by atoms with Crippen LogP contribution in [0, 0.1) is 7.14 Å². The molecule has 0 heterocycles. The van der Waals surface area contributed by atoms with E-state index in [1.807, 2.05) is 31.2 Å². The second kappa shape index (κ2) is 8.87. The monoisotopic (exact) mass is 628 g/mol. The van der Waals surface area contributed by atoms with Gasteiger partial charge in [-0.25, -0.2) is 4.21 Å². The van der Waals surface area contributed by atoms with E-state index in [0.717, 1.165) is 45.6 Å². The Morgan fingerprint density at radius 2 is 1.41 bits per heavy atom. The summed E-state index contributed by atoms with van der Waals surface area (Å²) in [6.45, 7) is 2.23. The average molecular weight is 628 g/mol. The molecule has 4 aromatic carbocycles. The fourth-order valence-corrected chi connectivity index (χ4v) is 6.51. The lowest BCUT2D eigenvalue weighted by Crippen LogP contribution is -2.05. The van der Waals surface area contributed by atoms with Crippen molar-refractivity contribution in [1.82, 2.24) is 0 Å². The third-order valence-corrected chi connectivity index (χ3v) is 7.98. The molecule has 0 aliphatic carbocycles. The lowest BCUT2D eigenvalue weighted by atomic mass is 9.93. The van der Waals surface area contributed by atoms with Crippen molar-refractivity contribution in [1.29, 1.82) is 0 Å². The summed E-state index contributed by atoms with van der Waals surface area (Å²) >= 11 is 2.97. The number of methoxy groups -OCH3 is 1. The normalized spacial score (nSPS) is 12.4. The van der Waals surface area contributed by atoms with Crippen LogP contribution in [0.1, 0.15) is 6.92 Å². The Morgan fingerprint density at radius 3 is 2.00 bits per heavy atom. The highest BCUT2D eigenvalue weighted by atomic mass is 127. The van der Waals surface area contributed by atoms with Gasteiger partial charge in [0.1, 0.15) is 5.75 Å². The van der Waals surface area contributed by atoms with Gasteiger partial charge in [-0.2, -0.15) is 0 Å². The molecule has 4 aromatic rings. The number of hydrogen-bond acceptors (Lipinski definition) is 3. The minimum absolute atomic E-state index is 0.374. The quantitative estimate of drug-likeness (QED) is 0.225. The topological polar surface area (TPSA) is 35.5 Å². The smallest absolute Gasteiger partial charge is 0.190 e. The molecule has 1 atom stereocenters. The van der Waals surface area contributed by atoms with Crippen molar-refractivity contribution in [3.05, 3.63) is 67.8 Å². The molecule has 0 spiro atoms. The van der Waals surface area contributed by atoms with E-state index >= 15 is 0 Å². The Hall–Kier alpha value is -1.23. The van der Waals surface area contributed by atoms with E-state index in [-0.39, 0.29) is 0 Å². The van der Waals surface area contributed by atoms with Gasteiger partial charge in [-0.15, -0.1) is 0 Å². The van der Waals surface area contributed by atoms with Crippen LogP contribution < -0.4 is 4.74 Å². The Kier molecular flexibility index (Phi) is 6.43. The average Bonchev–Trinajstić information content (AvgIpc) is 2.72. The van der Waals surface area contributed by atoms with Gasteiger partial charge in [0, 0.05) is 14.7 Å². The second-order valence-corrected chi connectivity index (χ2v) is 9.85. The zero-order valence-electron chi connectivity index (χ0n) is 15.9. The predicted molar refractivity (Wildman–Crippen MR) is 137 cm³/mol. The molecule has 0 aliphatic rings. The first kappa shape index (κ1) is 21.0. The van der Waals surface area contributed by atoms with E-state index < -0.39 is 11.1 Å². The number of ether oxygens (including phenoxy) is 1. The molecule has 0 amide bonds. The molecule has 6 heteroatoms. The number of halogens is 2. The number of benzene rings is 4. The molecule has 1 unspecified atom stereocenters. The van der Waals surface area contributed by atoms with E-state index in [2.05, 4.69) is 81.6 Å². The molecule has 0 fully saturated rings. The third kappa shape index (κ3) is 3.80. The van der Waals surface area contributed by atoms with Crippen LogP contribution in [0.4, 0.5) is 0 Å². The third-order valence-electron chi connectivity index (χ3n) is 4.76. The highest BCUT2D eigenvalue weighted by Crippen LogP contribution is 2.46. The summed E-state index contributed by atoms with van der Waals surface area (Å²) in [4.78, 5) is 0.691. The van der Waals surface area contributed by atoms with Crippen molar-refractivity contribution in [2.24, 2.45) is 0 Å². The molecule has 0 bridgehead atoms. The van der Waals surface area contributed by atoms with Crippen molar-refractivity contribution in [2.45, 2.75) is 11.8 Å². The maximum Gasteiger partial charge on any atom is 0.190 e. The van der Waals surface area contributed by atoms with Crippen LogP contribution in [0.5, 0.6) is 5.75 Å². The molecule has 0 N–H and O–H groups in total. The summed E-state index contributed by atoms with van der Waals surface area (Å²) in [5.74, 6) is 0.784. The minimum Gasteiger partial charge on any atom is -0.495 e. The molecule has 0 aromatic heterocycles. The summed E-state index contributed by atoms with van der Waals surface area (Å²) < 4.78 is 26.5. The van der Waals surface area contributed by atoms with Crippen LogP contribution in [-0.4, -0.2) is 17.9 Å². The number of rotatable bonds is 5. The van der Waals surface area contributed by atoms with Crippen molar-refractivity contribution in [3.8, 4) is 16.9 Å². The van der Waals surface area contributed by atoms with E-state index in [1.165, 1.54) is 0 Å². The van der Waals surface area contributed by atoms with Gasteiger partial charge in [-0.1, -0.05) is 48.5 Å². The fraction of sp³-hybridized carbons (Fsp3) is 0.130. The van der Waals surface area contributed by atoms with Gasteiger partial charge >= 0.3 is 0 Å². The summed E-state index contributed by atoms with van der Waals surface area (Å²) in [5.41, 5.74) is 1.86. The largest absolute Gasteiger partial charge is 0.495 e. The molecular weight excluding hydrogens is 610 g/mol. The molecule has 0 saturated heterocycles. The highest BCUT2D eigenvalue weighted by Gasteiger charge is 2.25. The molecule has 0 saturated carbocycles. The summed E-state index contributed by atoms with van der Waals surface area (Å²) in [6, 6.07) is 20.6. The van der Waals surface area contributed by atoms with Gasteiger partial charge < -0.3 is 4.74 Å². The van der Waals surface area contributed by atoms with Gasteiger partial charge in [-0.05, 0) is 85.8 Å². The second-order valence-electron chi connectivity index (χ2n) is 6.41. The Bertz CT molecular complexity index is 1250. The Labute approximate surface area is 199 Å². The van der Waals surface area contributed by atoms with E-state index in [1.54, 1.807) is 7.11 Å². The highest BCUT2D eigenvalue weighted by molar-refractivity contribution is 14.1. The molecule has 3 nitrogen and oxygen atoms in total. The van der Waals surface area contributed by atoms with Crippen LogP contribution in [-0.2, 0) is 15.3 Å². The van der Waals surface area contributed by atoms with Gasteiger partial charge in [0.15, 0.2) is 11.1 Å². The zero-order valence-corrected chi connectivity index (χ0v) is 21.0. The molecule has 148 valence electrons. The number of fused-ring (bicyclic) bond motifs is 2. The van der Waals surface area contributed by atoms with Crippen molar-refractivity contribution in [3.63, 3.8) is 0 Å². The Morgan fingerprint density at radius 1 is 0.862 bits per heavy atom. The Balaban J connectivity index is 2.25.